The fourth-order valence-corrected chi connectivity index (χ4v) is 3.20. The smallest absolute Gasteiger partial charge is 0.343 e. The lowest BCUT2D eigenvalue weighted by molar-refractivity contribution is -0.128. The quantitative estimate of drug-likeness (QED) is 0.644. The molecule has 1 unspecified atom stereocenters. The number of anilines is 1. The Labute approximate surface area is 133 Å². The van der Waals surface area contributed by atoms with Gasteiger partial charge in [-0.2, -0.15) is 0 Å². The van der Waals surface area contributed by atoms with Gasteiger partial charge in [0.05, 0.1) is 11.9 Å². The van der Waals surface area contributed by atoms with E-state index in [-0.39, 0.29) is 35.2 Å². The molecule has 0 radical (unpaired) electrons. The van der Waals surface area contributed by atoms with Crippen molar-refractivity contribution in [1.82, 2.24) is 14.9 Å². The molecule has 7 nitrogen and oxygen atoms in total. The lowest BCUT2D eigenvalue weighted by Gasteiger charge is -2.20. The first kappa shape index (κ1) is 16.5. The summed E-state index contributed by atoms with van der Waals surface area (Å²) in [4.78, 5) is 33.9. The Hall–Kier alpha value is -1.83. The zero-order valence-corrected chi connectivity index (χ0v) is 13.7. The van der Waals surface area contributed by atoms with Crippen molar-refractivity contribution in [1.29, 1.82) is 0 Å². The summed E-state index contributed by atoms with van der Waals surface area (Å²) in [6.45, 7) is 6.70. The van der Waals surface area contributed by atoms with Crippen molar-refractivity contribution in [3.05, 3.63) is 11.8 Å². The maximum Gasteiger partial charge on any atom is 0.343 e. The highest BCUT2D eigenvalue weighted by molar-refractivity contribution is 8.00. The van der Waals surface area contributed by atoms with E-state index in [4.69, 9.17) is 10.5 Å². The van der Waals surface area contributed by atoms with Crippen molar-refractivity contribution < 1.29 is 14.3 Å². The standard InChI is InChI=1S/C14H20N4O3S/c1-4-21-13(20)9-7-16-14(17-11(9)15)22-10-5-6-18(8(2)3)12(10)19/h7-8,10H,4-6H2,1-3H3,(H2,15,16,17). The monoisotopic (exact) mass is 324 g/mol. The van der Waals surface area contributed by atoms with Crippen molar-refractivity contribution in [3.8, 4) is 0 Å². The molecule has 2 heterocycles. The topological polar surface area (TPSA) is 98.4 Å². The van der Waals surface area contributed by atoms with E-state index in [1.165, 1.54) is 18.0 Å². The van der Waals surface area contributed by atoms with Gasteiger partial charge in [-0.3, -0.25) is 4.79 Å². The van der Waals surface area contributed by atoms with Crippen LogP contribution in [-0.4, -0.2) is 51.2 Å². The number of aromatic nitrogens is 2. The van der Waals surface area contributed by atoms with Crippen LogP contribution in [-0.2, 0) is 9.53 Å². The zero-order valence-electron chi connectivity index (χ0n) is 12.9. The van der Waals surface area contributed by atoms with Crippen LogP contribution in [0.1, 0.15) is 37.6 Å². The van der Waals surface area contributed by atoms with Crippen molar-refractivity contribution >= 4 is 29.5 Å². The average molecular weight is 324 g/mol. The largest absolute Gasteiger partial charge is 0.462 e. The van der Waals surface area contributed by atoms with Crippen LogP contribution in [0, 0.1) is 0 Å². The highest BCUT2D eigenvalue weighted by atomic mass is 32.2. The number of thioether (sulfide) groups is 1. The van der Waals surface area contributed by atoms with Crippen LogP contribution in [0.3, 0.4) is 0 Å². The molecule has 2 N–H and O–H groups in total. The number of nitrogens with zero attached hydrogens (tertiary/aromatic N) is 3. The maximum atomic E-state index is 12.2. The van der Waals surface area contributed by atoms with Crippen LogP contribution in [0.2, 0.25) is 0 Å². The van der Waals surface area contributed by atoms with E-state index in [1.807, 2.05) is 18.7 Å². The van der Waals surface area contributed by atoms with E-state index in [9.17, 15) is 9.59 Å². The zero-order chi connectivity index (χ0) is 16.3. The minimum Gasteiger partial charge on any atom is -0.462 e. The van der Waals surface area contributed by atoms with Gasteiger partial charge in [0.15, 0.2) is 5.16 Å². The van der Waals surface area contributed by atoms with E-state index in [2.05, 4.69) is 9.97 Å². The van der Waals surface area contributed by atoms with Gasteiger partial charge in [0, 0.05) is 18.8 Å². The number of esters is 1. The molecule has 22 heavy (non-hydrogen) atoms. The van der Waals surface area contributed by atoms with E-state index < -0.39 is 5.97 Å². The number of carbonyl (C=O) groups excluding carboxylic acids is 2. The summed E-state index contributed by atoms with van der Waals surface area (Å²) in [6.07, 6.45) is 2.10. The second kappa shape index (κ2) is 6.95. The number of rotatable bonds is 5. The van der Waals surface area contributed by atoms with Gasteiger partial charge in [0.1, 0.15) is 11.4 Å². The maximum absolute atomic E-state index is 12.2. The molecule has 1 saturated heterocycles. The first-order valence-corrected chi connectivity index (χ1v) is 8.08. The molecule has 8 heteroatoms. The number of hydrogen-bond donors (Lipinski definition) is 1. The van der Waals surface area contributed by atoms with Crippen LogP contribution in [0.15, 0.2) is 11.4 Å². The Bertz CT molecular complexity index is 579. The van der Waals surface area contributed by atoms with Gasteiger partial charge >= 0.3 is 5.97 Å². The summed E-state index contributed by atoms with van der Waals surface area (Å²) in [5.74, 6) is -0.377. The highest BCUT2D eigenvalue weighted by Gasteiger charge is 2.34. The third-order valence-corrected chi connectivity index (χ3v) is 4.48. The minimum absolute atomic E-state index is 0.0714. The first-order chi connectivity index (χ1) is 10.4. The van der Waals surface area contributed by atoms with Crippen molar-refractivity contribution in [2.24, 2.45) is 0 Å². The van der Waals surface area contributed by atoms with Gasteiger partial charge < -0.3 is 15.4 Å². The van der Waals surface area contributed by atoms with Gasteiger partial charge in [0.2, 0.25) is 5.91 Å². The highest BCUT2D eigenvalue weighted by Crippen LogP contribution is 2.30. The normalized spacial score (nSPS) is 18.1. The van der Waals surface area contributed by atoms with Crippen molar-refractivity contribution in [2.45, 2.75) is 43.6 Å². The van der Waals surface area contributed by atoms with E-state index >= 15 is 0 Å². The van der Waals surface area contributed by atoms with Crippen LogP contribution < -0.4 is 5.73 Å². The Kier molecular flexibility index (Phi) is 5.23. The molecule has 1 aliphatic heterocycles. The van der Waals surface area contributed by atoms with Crippen LogP contribution in [0.5, 0.6) is 0 Å². The van der Waals surface area contributed by atoms with E-state index in [0.29, 0.717) is 5.16 Å². The first-order valence-electron chi connectivity index (χ1n) is 7.20. The molecule has 1 amide bonds. The molecule has 1 fully saturated rings. The summed E-state index contributed by atoms with van der Waals surface area (Å²) >= 11 is 1.28. The number of amides is 1. The molecule has 1 aliphatic rings. The second-order valence-electron chi connectivity index (χ2n) is 5.19. The lowest BCUT2D eigenvalue weighted by Crippen LogP contribution is -2.34. The molecule has 1 aromatic heterocycles. The molecular weight excluding hydrogens is 304 g/mol. The summed E-state index contributed by atoms with van der Waals surface area (Å²) in [6, 6.07) is 0.190. The molecule has 1 atom stereocenters. The predicted octanol–water partition coefficient (Wildman–Crippen LogP) is 1.34. The third-order valence-electron chi connectivity index (χ3n) is 3.35. The Morgan fingerprint density at radius 1 is 1.59 bits per heavy atom. The summed E-state index contributed by atoms with van der Waals surface area (Å²) < 4.78 is 4.87. The average Bonchev–Trinajstić information content (AvgIpc) is 2.80. The molecule has 2 rings (SSSR count). The fourth-order valence-electron chi connectivity index (χ4n) is 2.23. The number of carbonyl (C=O) groups is 2. The van der Waals surface area contributed by atoms with Crippen LogP contribution >= 0.6 is 11.8 Å². The number of nitrogen functional groups attached to an aromatic ring is 1. The van der Waals surface area contributed by atoms with Gasteiger partial charge in [0.25, 0.3) is 0 Å². The van der Waals surface area contributed by atoms with Crippen LogP contribution in [0.25, 0.3) is 0 Å². The van der Waals surface area contributed by atoms with Crippen LogP contribution in [0.4, 0.5) is 5.82 Å². The molecule has 1 aromatic rings. The summed E-state index contributed by atoms with van der Waals surface area (Å²) in [7, 11) is 0. The van der Waals surface area contributed by atoms with Gasteiger partial charge in [-0.1, -0.05) is 11.8 Å². The number of ether oxygens (including phenoxy) is 1. The van der Waals surface area contributed by atoms with Gasteiger partial charge in [-0.25, -0.2) is 14.8 Å². The molecule has 0 bridgehead atoms. The SMILES string of the molecule is CCOC(=O)c1cnc(SC2CCN(C(C)C)C2=O)nc1N. The summed E-state index contributed by atoms with van der Waals surface area (Å²) in [5, 5.41) is 0.199. The van der Waals surface area contributed by atoms with E-state index in [0.717, 1.165) is 13.0 Å². The molecule has 0 saturated carbocycles. The molecule has 0 aromatic carbocycles. The minimum atomic E-state index is -0.542. The number of nitrogens with two attached hydrogens (primary N) is 1. The number of hydrogen-bond acceptors (Lipinski definition) is 7. The Morgan fingerprint density at radius 2 is 2.32 bits per heavy atom. The van der Waals surface area contributed by atoms with Crippen molar-refractivity contribution in [2.75, 3.05) is 18.9 Å². The molecule has 0 aliphatic carbocycles. The molecular formula is C14H20N4O3S. The molecule has 120 valence electrons. The molecule has 0 spiro atoms. The third kappa shape index (κ3) is 3.49. The predicted molar refractivity (Wildman–Crippen MR) is 83.5 cm³/mol. The number of likely N-dealkylation sites (tertiary alicyclic amines) is 1. The second-order valence-corrected chi connectivity index (χ2v) is 6.36. The van der Waals surface area contributed by atoms with E-state index in [1.54, 1.807) is 6.92 Å². The van der Waals surface area contributed by atoms with Gasteiger partial charge in [-0.15, -0.1) is 0 Å². The summed E-state index contributed by atoms with van der Waals surface area (Å²) in [5.41, 5.74) is 5.92. The Morgan fingerprint density at radius 3 is 2.86 bits per heavy atom. The Balaban J connectivity index is 2.07. The van der Waals surface area contributed by atoms with Gasteiger partial charge in [-0.05, 0) is 27.2 Å². The lowest BCUT2D eigenvalue weighted by atomic mass is 10.3. The van der Waals surface area contributed by atoms with Crippen molar-refractivity contribution in [3.63, 3.8) is 0 Å². The fraction of sp³-hybridized carbons (Fsp3) is 0.571.